The molecule has 0 unspecified atom stereocenters. The van der Waals surface area contributed by atoms with Crippen LogP contribution < -0.4 is 9.47 Å². The van der Waals surface area contributed by atoms with Crippen molar-refractivity contribution in [2.24, 2.45) is 0 Å². The van der Waals surface area contributed by atoms with Gasteiger partial charge in [0.1, 0.15) is 0 Å². The molecule has 0 aliphatic carbocycles. The lowest BCUT2D eigenvalue weighted by Crippen LogP contribution is -2.19. The Morgan fingerprint density at radius 3 is 2.47 bits per heavy atom. The van der Waals surface area contributed by atoms with Gasteiger partial charge in [-0.1, -0.05) is 0 Å². The number of aromatic nitrogens is 1. The van der Waals surface area contributed by atoms with Gasteiger partial charge in [-0.2, -0.15) is 0 Å². The Morgan fingerprint density at radius 2 is 2.11 bits per heavy atom. The highest BCUT2D eigenvalue weighted by Gasteiger charge is 2.39. The van der Waals surface area contributed by atoms with Gasteiger partial charge in [-0.05, 0) is 11.6 Å². The first kappa shape index (κ1) is 15.0. The smallest absolute Gasteiger partial charge is 0.494 e. The molecule has 104 valence electrons. The Labute approximate surface area is 108 Å². The van der Waals surface area contributed by atoms with Crippen molar-refractivity contribution in [1.29, 1.82) is 0 Å². The molecule has 19 heavy (non-hydrogen) atoms. The maximum atomic E-state index is 12.1. The van der Waals surface area contributed by atoms with E-state index in [4.69, 9.17) is 11.6 Å². The van der Waals surface area contributed by atoms with Gasteiger partial charge < -0.3 is 9.47 Å². The van der Waals surface area contributed by atoms with Crippen molar-refractivity contribution in [3.8, 4) is 11.6 Å². The minimum Gasteiger partial charge on any atom is -0.494 e. The van der Waals surface area contributed by atoms with Crippen LogP contribution in [-0.2, 0) is 0 Å². The van der Waals surface area contributed by atoms with Crippen LogP contribution in [0.1, 0.15) is 10.4 Å². The molecule has 0 amide bonds. The van der Waals surface area contributed by atoms with Crippen LogP contribution in [0.3, 0.4) is 0 Å². The predicted octanol–water partition coefficient (Wildman–Crippen LogP) is 2.28. The molecule has 0 atom stereocenters. The SMILES string of the molecule is COc1cnc(OC(F)(F)F)c([N+](=O)[O-])c1C(=O)Cl. The second-order valence-corrected chi connectivity index (χ2v) is 3.28. The molecule has 0 saturated carbocycles. The van der Waals surface area contributed by atoms with Crippen LogP contribution in [0.4, 0.5) is 18.9 Å². The third-order valence-electron chi connectivity index (χ3n) is 1.80. The number of methoxy groups -OCH3 is 1. The summed E-state index contributed by atoms with van der Waals surface area (Å²) in [6, 6.07) is 0. The molecule has 0 aliphatic heterocycles. The summed E-state index contributed by atoms with van der Waals surface area (Å²) in [5.41, 5.74) is -2.19. The number of hydrogen-bond acceptors (Lipinski definition) is 6. The van der Waals surface area contributed by atoms with Crippen LogP contribution in [0.2, 0.25) is 0 Å². The number of halogens is 4. The van der Waals surface area contributed by atoms with Crippen LogP contribution in [0.5, 0.6) is 11.6 Å². The average molecular weight is 301 g/mol. The summed E-state index contributed by atoms with van der Waals surface area (Å²) >= 11 is 5.09. The fraction of sp³-hybridized carbons (Fsp3) is 0.250. The Morgan fingerprint density at radius 1 is 1.53 bits per heavy atom. The van der Waals surface area contributed by atoms with Gasteiger partial charge in [-0.3, -0.25) is 14.9 Å². The molecular weight excluding hydrogens is 297 g/mol. The summed E-state index contributed by atoms with van der Waals surface area (Å²) in [6.45, 7) is 0. The predicted molar refractivity (Wildman–Crippen MR) is 54.3 cm³/mol. The zero-order valence-electron chi connectivity index (χ0n) is 9.02. The lowest BCUT2D eigenvalue weighted by molar-refractivity contribution is -0.389. The van der Waals surface area contributed by atoms with E-state index in [-0.39, 0.29) is 0 Å². The molecule has 0 radical (unpaired) electrons. The largest absolute Gasteiger partial charge is 0.574 e. The van der Waals surface area contributed by atoms with E-state index in [9.17, 15) is 28.1 Å². The molecule has 1 rings (SSSR count). The maximum absolute atomic E-state index is 12.1. The van der Waals surface area contributed by atoms with Gasteiger partial charge in [0, 0.05) is 0 Å². The minimum absolute atomic E-state index is 0.443. The third-order valence-corrected chi connectivity index (χ3v) is 1.99. The topological polar surface area (TPSA) is 91.6 Å². The normalized spacial score (nSPS) is 11.0. The Hall–Kier alpha value is -2.10. The molecule has 0 fully saturated rings. The first-order valence-electron chi connectivity index (χ1n) is 4.34. The minimum atomic E-state index is -5.21. The quantitative estimate of drug-likeness (QED) is 0.481. The van der Waals surface area contributed by atoms with Crippen LogP contribution in [0, 0.1) is 10.1 Å². The first-order chi connectivity index (χ1) is 8.67. The second kappa shape index (κ2) is 5.26. The highest BCUT2D eigenvalue weighted by atomic mass is 35.5. The van der Waals surface area contributed by atoms with E-state index in [1.54, 1.807) is 0 Å². The summed E-state index contributed by atoms with van der Waals surface area (Å²) in [5.74, 6) is -1.84. The van der Waals surface area contributed by atoms with Crippen molar-refractivity contribution in [2.75, 3.05) is 7.11 Å². The highest BCUT2D eigenvalue weighted by molar-refractivity contribution is 6.68. The molecule has 0 saturated heterocycles. The molecule has 0 aliphatic rings. The van der Waals surface area contributed by atoms with Gasteiger partial charge in [0.15, 0.2) is 11.3 Å². The molecule has 7 nitrogen and oxygen atoms in total. The molecule has 1 aromatic heterocycles. The van der Waals surface area contributed by atoms with Gasteiger partial charge in [0.25, 0.3) is 5.24 Å². The molecule has 0 N–H and O–H groups in total. The van der Waals surface area contributed by atoms with Crippen molar-refractivity contribution >= 4 is 22.5 Å². The standard InChI is InChI=1S/C8H4ClF3N2O5/c1-18-3-2-13-7(19-8(10,11)12)5(14(16)17)4(3)6(9)15/h2H,1H3. The molecular formula is C8H4ClF3N2O5. The third kappa shape index (κ3) is 3.44. The number of pyridine rings is 1. The fourth-order valence-corrected chi connectivity index (χ4v) is 1.35. The Kier molecular flexibility index (Phi) is 4.14. The maximum Gasteiger partial charge on any atom is 0.574 e. The zero-order valence-corrected chi connectivity index (χ0v) is 9.78. The van der Waals surface area contributed by atoms with Crippen molar-refractivity contribution in [2.45, 2.75) is 6.36 Å². The summed E-state index contributed by atoms with van der Waals surface area (Å²) in [6.07, 6.45) is -4.55. The lowest BCUT2D eigenvalue weighted by atomic mass is 10.2. The molecule has 0 bridgehead atoms. The number of rotatable bonds is 4. The Balaban J connectivity index is 3.54. The van der Waals surface area contributed by atoms with E-state index in [1.165, 1.54) is 0 Å². The van der Waals surface area contributed by atoms with E-state index in [1.807, 2.05) is 0 Å². The van der Waals surface area contributed by atoms with E-state index in [2.05, 4.69) is 14.5 Å². The van der Waals surface area contributed by atoms with E-state index in [0.29, 0.717) is 6.20 Å². The molecule has 11 heteroatoms. The van der Waals surface area contributed by atoms with Gasteiger partial charge in [0.2, 0.25) is 0 Å². The van der Waals surface area contributed by atoms with E-state index < -0.39 is 39.4 Å². The number of carbonyl (C=O) groups excluding carboxylic acids is 1. The second-order valence-electron chi connectivity index (χ2n) is 2.93. The van der Waals surface area contributed by atoms with E-state index in [0.717, 1.165) is 7.11 Å². The van der Waals surface area contributed by atoms with Gasteiger partial charge >= 0.3 is 17.9 Å². The zero-order chi connectivity index (χ0) is 14.8. The first-order valence-corrected chi connectivity index (χ1v) is 4.72. The van der Waals surface area contributed by atoms with Crippen molar-refractivity contribution in [3.63, 3.8) is 0 Å². The number of carbonyl (C=O) groups is 1. The molecule has 0 spiro atoms. The number of ether oxygens (including phenoxy) is 2. The number of nitrogens with zero attached hydrogens (tertiary/aromatic N) is 2. The average Bonchev–Trinajstić information content (AvgIpc) is 2.25. The molecule has 0 aromatic carbocycles. The summed E-state index contributed by atoms with van der Waals surface area (Å²) in [5, 5.41) is 9.38. The van der Waals surface area contributed by atoms with Crippen molar-refractivity contribution in [3.05, 3.63) is 21.9 Å². The van der Waals surface area contributed by atoms with Gasteiger partial charge in [0.05, 0.1) is 18.2 Å². The number of hydrogen-bond donors (Lipinski definition) is 0. The van der Waals surface area contributed by atoms with Crippen LogP contribution in [0.25, 0.3) is 0 Å². The highest BCUT2D eigenvalue weighted by Crippen LogP contribution is 2.38. The molecule has 1 heterocycles. The van der Waals surface area contributed by atoms with Gasteiger partial charge in [-0.15, -0.1) is 13.2 Å². The van der Waals surface area contributed by atoms with Crippen LogP contribution in [0.15, 0.2) is 6.20 Å². The number of alkyl halides is 3. The monoisotopic (exact) mass is 300 g/mol. The summed E-state index contributed by atoms with van der Waals surface area (Å²) in [4.78, 5) is 23.6. The van der Waals surface area contributed by atoms with Crippen LogP contribution >= 0.6 is 11.6 Å². The Bertz CT molecular complexity index is 534. The van der Waals surface area contributed by atoms with Crippen LogP contribution in [-0.4, -0.2) is 28.6 Å². The fourth-order valence-electron chi connectivity index (χ4n) is 1.16. The summed E-state index contributed by atoms with van der Waals surface area (Å²) < 4.78 is 44.1. The van der Waals surface area contributed by atoms with Crippen molar-refractivity contribution in [1.82, 2.24) is 4.98 Å². The lowest BCUT2D eigenvalue weighted by Gasteiger charge is -2.11. The summed E-state index contributed by atoms with van der Waals surface area (Å²) in [7, 11) is 1.04. The van der Waals surface area contributed by atoms with Gasteiger partial charge in [-0.25, -0.2) is 4.98 Å². The van der Waals surface area contributed by atoms with Crippen molar-refractivity contribution < 1.29 is 32.4 Å². The van der Waals surface area contributed by atoms with E-state index >= 15 is 0 Å². The molecule has 1 aromatic rings. The number of nitro groups is 1.